The molecule has 0 aromatic heterocycles. The van der Waals surface area contributed by atoms with Crippen molar-refractivity contribution in [1.29, 1.82) is 0 Å². The fourth-order valence-corrected chi connectivity index (χ4v) is 2.25. The average Bonchev–Trinajstić information content (AvgIpc) is 2.57. The van der Waals surface area contributed by atoms with Crippen LogP contribution in [-0.2, 0) is 6.42 Å². The number of halogens is 1. The molecule has 0 aliphatic rings. The molecule has 2 aromatic rings. The number of ether oxygens (including phenoxy) is 1. The molecule has 0 bridgehead atoms. The number of urea groups is 1. The monoisotopic (exact) mass is 330 g/mol. The maximum atomic E-state index is 11.7. The molecule has 0 fully saturated rings. The van der Waals surface area contributed by atoms with E-state index < -0.39 is 0 Å². The molecule has 2 aromatic carbocycles. The highest BCUT2D eigenvalue weighted by molar-refractivity contribution is 6.31. The standard InChI is InChI=1S/C18H19ClN2O2/c1-23-16-7-4-5-14(13-16)9-11-20-18(22)21-12-10-15-6-2-3-8-17(15)19/h2-9,11,13H,10,12H2,1H3,(H2,20,21,22)/b11-9+. The minimum Gasteiger partial charge on any atom is -0.497 e. The molecule has 2 rings (SSSR count). The van der Waals surface area contributed by atoms with Crippen molar-refractivity contribution >= 4 is 23.7 Å². The van der Waals surface area contributed by atoms with Gasteiger partial charge in [-0.25, -0.2) is 4.79 Å². The second kappa shape index (κ2) is 8.86. The van der Waals surface area contributed by atoms with Crippen LogP contribution >= 0.6 is 11.6 Å². The topological polar surface area (TPSA) is 50.4 Å². The highest BCUT2D eigenvalue weighted by Gasteiger charge is 2.00. The third kappa shape index (κ3) is 5.68. The summed E-state index contributed by atoms with van der Waals surface area (Å²) in [6, 6.07) is 14.9. The largest absolute Gasteiger partial charge is 0.497 e. The SMILES string of the molecule is COc1cccc(/C=C/NC(=O)NCCc2ccccc2Cl)c1. The number of carbonyl (C=O) groups is 1. The van der Waals surface area contributed by atoms with E-state index in [1.807, 2.05) is 48.5 Å². The van der Waals surface area contributed by atoms with Crippen molar-refractivity contribution < 1.29 is 9.53 Å². The lowest BCUT2D eigenvalue weighted by Crippen LogP contribution is -2.33. The van der Waals surface area contributed by atoms with Gasteiger partial charge in [0.1, 0.15) is 5.75 Å². The molecule has 2 amide bonds. The van der Waals surface area contributed by atoms with E-state index in [2.05, 4.69) is 10.6 Å². The third-order valence-electron chi connectivity index (χ3n) is 3.22. The Morgan fingerprint density at radius 1 is 1.22 bits per heavy atom. The summed E-state index contributed by atoms with van der Waals surface area (Å²) in [6.45, 7) is 0.516. The van der Waals surface area contributed by atoms with E-state index in [9.17, 15) is 4.79 Å². The van der Waals surface area contributed by atoms with Crippen LogP contribution in [0, 0.1) is 0 Å². The van der Waals surface area contributed by atoms with Crippen molar-refractivity contribution in [2.45, 2.75) is 6.42 Å². The molecule has 0 aliphatic heterocycles. The number of nitrogens with one attached hydrogen (secondary N) is 2. The molecular formula is C18H19ClN2O2. The zero-order valence-electron chi connectivity index (χ0n) is 12.9. The predicted octanol–water partition coefficient (Wildman–Crippen LogP) is 3.86. The van der Waals surface area contributed by atoms with Gasteiger partial charge in [0.05, 0.1) is 7.11 Å². The molecule has 4 nitrogen and oxygen atoms in total. The molecule has 0 radical (unpaired) electrons. The van der Waals surface area contributed by atoms with Gasteiger partial charge < -0.3 is 15.4 Å². The Morgan fingerprint density at radius 2 is 2.04 bits per heavy atom. The molecule has 0 saturated heterocycles. The zero-order chi connectivity index (χ0) is 16.5. The van der Waals surface area contributed by atoms with Crippen LogP contribution in [0.4, 0.5) is 4.79 Å². The van der Waals surface area contributed by atoms with Crippen molar-refractivity contribution in [2.24, 2.45) is 0 Å². The number of benzene rings is 2. The Hall–Kier alpha value is -2.46. The number of methoxy groups -OCH3 is 1. The highest BCUT2D eigenvalue weighted by Crippen LogP contribution is 2.15. The van der Waals surface area contributed by atoms with Crippen LogP contribution in [0.25, 0.3) is 6.08 Å². The van der Waals surface area contributed by atoms with E-state index in [0.29, 0.717) is 18.0 Å². The molecule has 0 heterocycles. The van der Waals surface area contributed by atoms with Gasteiger partial charge in [0.15, 0.2) is 0 Å². The number of rotatable bonds is 6. The summed E-state index contributed by atoms with van der Waals surface area (Å²) in [5, 5.41) is 6.16. The van der Waals surface area contributed by atoms with Crippen LogP contribution in [-0.4, -0.2) is 19.7 Å². The summed E-state index contributed by atoms with van der Waals surface area (Å²) in [5.41, 5.74) is 1.96. The van der Waals surface area contributed by atoms with Crippen LogP contribution in [0.5, 0.6) is 5.75 Å². The minimum absolute atomic E-state index is 0.254. The van der Waals surface area contributed by atoms with Crippen LogP contribution < -0.4 is 15.4 Å². The minimum atomic E-state index is -0.254. The van der Waals surface area contributed by atoms with Gasteiger partial charge in [0, 0.05) is 17.8 Å². The predicted molar refractivity (Wildman–Crippen MR) is 93.7 cm³/mol. The Bertz CT molecular complexity index is 686. The first-order valence-corrected chi connectivity index (χ1v) is 7.65. The quantitative estimate of drug-likeness (QED) is 0.845. The summed E-state index contributed by atoms with van der Waals surface area (Å²) in [6.07, 6.45) is 4.09. The highest BCUT2D eigenvalue weighted by atomic mass is 35.5. The van der Waals surface area contributed by atoms with Gasteiger partial charge in [-0.15, -0.1) is 0 Å². The van der Waals surface area contributed by atoms with Crippen LogP contribution in [0.1, 0.15) is 11.1 Å². The van der Waals surface area contributed by atoms with E-state index in [1.165, 1.54) is 0 Å². The van der Waals surface area contributed by atoms with Crippen LogP contribution in [0.15, 0.2) is 54.7 Å². The lowest BCUT2D eigenvalue weighted by atomic mass is 10.1. The van der Waals surface area contributed by atoms with Crippen molar-refractivity contribution in [3.63, 3.8) is 0 Å². The normalized spacial score (nSPS) is 10.5. The van der Waals surface area contributed by atoms with Gasteiger partial charge in [-0.3, -0.25) is 0 Å². The summed E-state index contributed by atoms with van der Waals surface area (Å²) in [5.74, 6) is 0.774. The van der Waals surface area contributed by atoms with E-state index in [0.717, 1.165) is 16.9 Å². The molecule has 0 unspecified atom stereocenters. The van der Waals surface area contributed by atoms with E-state index in [1.54, 1.807) is 19.4 Å². The Labute approximate surface area is 141 Å². The van der Waals surface area contributed by atoms with E-state index in [-0.39, 0.29) is 6.03 Å². The van der Waals surface area contributed by atoms with E-state index in [4.69, 9.17) is 16.3 Å². The third-order valence-corrected chi connectivity index (χ3v) is 3.59. The molecular weight excluding hydrogens is 312 g/mol. The van der Waals surface area contributed by atoms with Gasteiger partial charge in [-0.2, -0.15) is 0 Å². The lowest BCUT2D eigenvalue weighted by molar-refractivity contribution is 0.244. The number of hydrogen-bond acceptors (Lipinski definition) is 2. The van der Waals surface area contributed by atoms with Gasteiger partial charge in [0.25, 0.3) is 0 Å². The molecule has 2 N–H and O–H groups in total. The van der Waals surface area contributed by atoms with Crippen molar-refractivity contribution in [3.05, 3.63) is 70.9 Å². The second-order valence-corrected chi connectivity index (χ2v) is 5.26. The molecule has 0 saturated carbocycles. The fraction of sp³-hybridized carbons (Fsp3) is 0.167. The summed E-state index contributed by atoms with van der Waals surface area (Å²) in [4.78, 5) is 11.7. The molecule has 5 heteroatoms. The molecule has 0 aliphatic carbocycles. The first-order chi connectivity index (χ1) is 11.2. The summed E-state index contributed by atoms with van der Waals surface area (Å²) >= 11 is 6.07. The Morgan fingerprint density at radius 3 is 2.83 bits per heavy atom. The Balaban J connectivity index is 1.74. The molecule has 23 heavy (non-hydrogen) atoms. The maximum absolute atomic E-state index is 11.7. The van der Waals surface area contributed by atoms with Crippen molar-refractivity contribution in [1.82, 2.24) is 10.6 Å². The molecule has 0 spiro atoms. The van der Waals surface area contributed by atoms with E-state index >= 15 is 0 Å². The smallest absolute Gasteiger partial charge is 0.318 e. The number of hydrogen-bond donors (Lipinski definition) is 2. The summed E-state index contributed by atoms with van der Waals surface area (Å²) in [7, 11) is 1.62. The maximum Gasteiger partial charge on any atom is 0.318 e. The second-order valence-electron chi connectivity index (χ2n) is 4.85. The van der Waals surface area contributed by atoms with Crippen LogP contribution in [0.2, 0.25) is 5.02 Å². The number of amides is 2. The number of carbonyl (C=O) groups excluding carboxylic acids is 1. The first-order valence-electron chi connectivity index (χ1n) is 7.27. The van der Waals surface area contributed by atoms with Crippen LogP contribution in [0.3, 0.4) is 0 Å². The first kappa shape index (κ1) is 16.9. The lowest BCUT2D eigenvalue weighted by Gasteiger charge is -2.06. The van der Waals surface area contributed by atoms with Gasteiger partial charge >= 0.3 is 6.03 Å². The van der Waals surface area contributed by atoms with Crippen molar-refractivity contribution in [2.75, 3.05) is 13.7 Å². The summed E-state index contributed by atoms with van der Waals surface area (Å²) < 4.78 is 5.14. The van der Waals surface area contributed by atoms with Gasteiger partial charge in [-0.05, 0) is 41.8 Å². The zero-order valence-corrected chi connectivity index (χ0v) is 13.6. The molecule has 120 valence electrons. The average molecular weight is 331 g/mol. The molecule has 0 atom stereocenters. The van der Waals surface area contributed by atoms with Gasteiger partial charge in [-0.1, -0.05) is 41.9 Å². The van der Waals surface area contributed by atoms with Gasteiger partial charge in [0.2, 0.25) is 0 Å². The fourth-order valence-electron chi connectivity index (χ4n) is 2.02. The van der Waals surface area contributed by atoms with Crippen molar-refractivity contribution in [3.8, 4) is 5.75 Å². The Kier molecular flexibility index (Phi) is 6.51.